The molecular weight excluding hydrogens is 412 g/mol. The third kappa shape index (κ3) is 4.36. The van der Waals surface area contributed by atoms with Gasteiger partial charge >= 0.3 is 0 Å². The molecule has 1 heterocycles. The van der Waals surface area contributed by atoms with Gasteiger partial charge in [0, 0.05) is 13.5 Å². The van der Waals surface area contributed by atoms with Gasteiger partial charge in [-0.3, -0.25) is 9.69 Å². The minimum Gasteiger partial charge on any atom is -0.388 e. The van der Waals surface area contributed by atoms with Gasteiger partial charge in [0.05, 0.1) is 24.2 Å². The molecule has 3 aromatic carbocycles. The van der Waals surface area contributed by atoms with Crippen LogP contribution in [0.4, 0.5) is 0 Å². The molecule has 0 aromatic heterocycles. The van der Waals surface area contributed by atoms with Gasteiger partial charge < -0.3 is 10.8 Å². The summed E-state index contributed by atoms with van der Waals surface area (Å²) in [6.45, 7) is 1.97. The van der Waals surface area contributed by atoms with Crippen molar-refractivity contribution < 1.29 is 9.90 Å². The molecule has 6 heteroatoms. The molecule has 1 aliphatic heterocycles. The van der Waals surface area contributed by atoms with Crippen LogP contribution in [-0.2, 0) is 10.3 Å². The summed E-state index contributed by atoms with van der Waals surface area (Å²) in [5, 5.41) is 20.4. The minimum atomic E-state index is -1.02. The van der Waals surface area contributed by atoms with Gasteiger partial charge in [-0.15, -0.1) is 0 Å². The number of aliphatic hydroxyl groups is 1. The lowest BCUT2D eigenvalue weighted by Crippen LogP contribution is -2.49. The van der Waals surface area contributed by atoms with E-state index in [0.29, 0.717) is 5.56 Å². The number of amides is 1. The maximum Gasteiger partial charge on any atom is 0.231 e. The predicted molar refractivity (Wildman–Crippen MR) is 128 cm³/mol. The van der Waals surface area contributed by atoms with Crippen LogP contribution in [0.5, 0.6) is 0 Å². The molecule has 4 rings (SSSR count). The van der Waals surface area contributed by atoms with Crippen molar-refractivity contribution in [3.63, 3.8) is 0 Å². The Bertz CT molecular complexity index is 1260. The minimum absolute atomic E-state index is 0.0939. The first kappa shape index (κ1) is 22.3. The highest BCUT2D eigenvalue weighted by atomic mass is 16.3. The number of aryl methyl sites for hydroxylation is 1. The fourth-order valence-corrected chi connectivity index (χ4v) is 4.40. The largest absolute Gasteiger partial charge is 0.388 e. The number of nitrogens with two attached hydrogens (primary N) is 1. The van der Waals surface area contributed by atoms with E-state index in [2.05, 4.69) is 6.07 Å². The number of benzene rings is 3. The number of hydrogen-bond acceptors (Lipinski definition) is 5. The Morgan fingerprint density at radius 1 is 1.12 bits per heavy atom. The van der Waals surface area contributed by atoms with Crippen molar-refractivity contribution in [2.45, 2.75) is 31.4 Å². The molecule has 0 aliphatic carbocycles. The van der Waals surface area contributed by atoms with Crippen molar-refractivity contribution in [1.29, 1.82) is 5.26 Å². The Labute approximate surface area is 193 Å². The molecule has 2 atom stereocenters. The highest BCUT2D eigenvalue weighted by Gasteiger charge is 2.43. The maximum absolute atomic E-state index is 12.9. The zero-order valence-corrected chi connectivity index (χ0v) is 18.7. The smallest absolute Gasteiger partial charge is 0.231 e. The maximum atomic E-state index is 12.9. The van der Waals surface area contributed by atoms with Gasteiger partial charge in [0.1, 0.15) is 5.54 Å². The molecule has 1 amide bonds. The van der Waals surface area contributed by atoms with Gasteiger partial charge in [-0.05, 0) is 52.9 Å². The molecule has 1 aliphatic rings. The number of carbonyl (C=O) groups excluding carboxylic acids is 1. The second-order valence-corrected chi connectivity index (χ2v) is 8.48. The van der Waals surface area contributed by atoms with Crippen LogP contribution in [0.15, 0.2) is 77.8 Å². The van der Waals surface area contributed by atoms with Crippen LogP contribution in [0.25, 0.3) is 11.1 Å². The highest BCUT2D eigenvalue weighted by molar-refractivity contribution is 5.99. The van der Waals surface area contributed by atoms with Gasteiger partial charge in [-0.2, -0.15) is 5.26 Å². The Kier molecular flexibility index (Phi) is 5.99. The van der Waals surface area contributed by atoms with E-state index in [0.717, 1.165) is 27.8 Å². The highest BCUT2D eigenvalue weighted by Crippen LogP contribution is 2.43. The number of guanidine groups is 1. The molecule has 166 valence electrons. The number of aliphatic imine (C=N–C) groups is 1. The van der Waals surface area contributed by atoms with Crippen LogP contribution in [-0.4, -0.2) is 28.9 Å². The average molecular weight is 439 g/mol. The van der Waals surface area contributed by atoms with Crippen molar-refractivity contribution in [3.05, 3.63) is 95.1 Å². The second-order valence-electron chi connectivity index (χ2n) is 8.48. The standard InChI is InChI=1S/C27H26N4O2/c1-18-11-12-22(21-10-6-7-19(13-21)17-28)14-23(18)27(16-25(33)31(2)26(29)30-27)15-24(32)20-8-4-3-5-9-20/h3-14,24,32H,15-16H2,1-2H3,(H2,29,30). The third-order valence-corrected chi connectivity index (χ3v) is 6.27. The number of nitriles is 1. The van der Waals surface area contributed by atoms with E-state index in [1.807, 2.05) is 73.7 Å². The van der Waals surface area contributed by atoms with Crippen LogP contribution in [0.1, 0.15) is 41.2 Å². The number of nitrogens with zero attached hydrogens (tertiary/aromatic N) is 3. The van der Waals surface area contributed by atoms with Gasteiger partial charge in [0.15, 0.2) is 5.96 Å². The zero-order valence-electron chi connectivity index (χ0n) is 18.7. The van der Waals surface area contributed by atoms with Crippen molar-refractivity contribution in [2.24, 2.45) is 10.7 Å². The lowest BCUT2D eigenvalue weighted by Gasteiger charge is -2.39. The molecule has 2 unspecified atom stereocenters. The van der Waals surface area contributed by atoms with Gasteiger partial charge in [0.25, 0.3) is 0 Å². The van der Waals surface area contributed by atoms with Crippen molar-refractivity contribution in [2.75, 3.05) is 7.05 Å². The van der Waals surface area contributed by atoms with Gasteiger partial charge in [-0.25, -0.2) is 4.99 Å². The number of carbonyl (C=O) groups is 1. The molecule has 0 bridgehead atoms. The predicted octanol–water partition coefficient (Wildman–Crippen LogP) is 4.03. The molecule has 33 heavy (non-hydrogen) atoms. The molecule has 0 saturated carbocycles. The van der Waals surface area contributed by atoms with Crippen LogP contribution in [0.3, 0.4) is 0 Å². The summed E-state index contributed by atoms with van der Waals surface area (Å²) < 4.78 is 0. The molecule has 6 nitrogen and oxygen atoms in total. The Morgan fingerprint density at radius 2 is 1.85 bits per heavy atom. The zero-order chi connectivity index (χ0) is 23.6. The first-order valence-electron chi connectivity index (χ1n) is 10.8. The van der Waals surface area contributed by atoms with Crippen molar-refractivity contribution >= 4 is 11.9 Å². The van der Waals surface area contributed by atoms with Crippen LogP contribution >= 0.6 is 0 Å². The van der Waals surface area contributed by atoms with Crippen molar-refractivity contribution in [3.8, 4) is 17.2 Å². The summed E-state index contributed by atoms with van der Waals surface area (Å²) in [6.07, 6.45) is -0.528. The van der Waals surface area contributed by atoms with E-state index < -0.39 is 11.6 Å². The quantitative estimate of drug-likeness (QED) is 0.628. The molecule has 0 radical (unpaired) electrons. The molecule has 3 N–H and O–H groups in total. The summed E-state index contributed by atoms with van der Waals surface area (Å²) >= 11 is 0. The summed E-state index contributed by atoms with van der Waals surface area (Å²) in [5.74, 6) is -0.0261. The molecule has 0 fully saturated rings. The molecule has 0 spiro atoms. The Hall–Kier alpha value is -3.95. The third-order valence-electron chi connectivity index (χ3n) is 6.27. The lowest BCUT2D eigenvalue weighted by atomic mass is 9.77. The van der Waals surface area contributed by atoms with Crippen LogP contribution in [0, 0.1) is 18.3 Å². The fourth-order valence-electron chi connectivity index (χ4n) is 4.40. The SMILES string of the molecule is Cc1ccc(-c2cccc(C#N)c2)cc1C1(CC(O)c2ccccc2)CC(=O)N(C)C(N)=N1. The normalized spacial score (nSPS) is 19.0. The Balaban J connectivity index is 1.86. The molecule has 0 saturated heterocycles. The average Bonchev–Trinajstić information content (AvgIpc) is 2.83. The number of aliphatic hydroxyl groups excluding tert-OH is 1. The number of rotatable bonds is 5. The summed E-state index contributed by atoms with van der Waals surface area (Å²) in [4.78, 5) is 19.1. The summed E-state index contributed by atoms with van der Waals surface area (Å²) in [7, 11) is 1.61. The summed E-state index contributed by atoms with van der Waals surface area (Å²) in [5.41, 5.74) is 10.1. The van der Waals surface area contributed by atoms with E-state index in [-0.39, 0.29) is 24.7 Å². The van der Waals surface area contributed by atoms with E-state index >= 15 is 0 Å². The van der Waals surface area contributed by atoms with Crippen LogP contribution in [0.2, 0.25) is 0 Å². The fraction of sp³-hybridized carbons (Fsp3) is 0.222. The monoisotopic (exact) mass is 438 g/mol. The van der Waals surface area contributed by atoms with E-state index in [1.54, 1.807) is 13.1 Å². The topological polar surface area (TPSA) is 103 Å². The Morgan fingerprint density at radius 3 is 2.55 bits per heavy atom. The molecule has 3 aromatic rings. The van der Waals surface area contributed by atoms with Crippen LogP contribution < -0.4 is 5.73 Å². The van der Waals surface area contributed by atoms with Gasteiger partial charge in [-0.1, -0.05) is 54.6 Å². The first-order chi connectivity index (χ1) is 15.8. The van der Waals surface area contributed by atoms with Gasteiger partial charge in [0.2, 0.25) is 5.91 Å². The first-order valence-corrected chi connectivity index (χ1v) is 10.8. The second kappa shape index (κ2) is 8.89. The van der Waals surface area contributed by atoms with E-state index in [1.165, 1.54) is 4.90 Å². The molecular formula is C27H26N4O2. The summed E-state index contributed by atoms with van der Waals surface area (Å²) in [6, 6.07) is 24.9. The van der Waals surface area contributed by atoms with Crippen molar-refractivity contribution in [1.82, 2.24) is 4.90 Å². The van der Waals surface area contributed by atoms with E-state index in [9.17, 15) is 15.2 Å². The number of hydrogen-bond donors (Lipinski definition) is 2. The van der Waals surface area contributed by atoms with E-state index in [4.69, 9.17) is 10.7 Å². The lowest BCUT2D eigenvalue weighted by molar-refractivity contribution is -0.129.